The third-order valence-electron chi connectivity index (χ3n) is 10.1. The minimum atomic E-state index is -0.780. The zero-order valence-corrected chi connectivity index (χ0v) is 30.6. The molecule has 2 heterocycles. The predicted molar refractivity (Wildman–Crippen MR) is 191 cm³/mol. The van der Waals surface area contributed by atoms with Gasteiger partial charge in [0.05, 0.1) is 38.1 Å². The molecule has 3 aromatic carbocycles. The van der Waals surface area contributed by atoms with Crippen molar-refractivity contribution in [2.24, 2.45) is 23.7 Å². The van der Waals surface area contributed by atoms with E-state index in [0.717, 1.165) is 16.7 Å². The Morgan fingerprint density at radius 2 is 1.25 bits per heavy atom. The van der Waals surface area contributed by atoms with Crippen molar-refractivity contribution >= 4 is 12.1 Å². The third-order valence-corrected chi connectivity index (χ3v) is 10.1. The number of ether oxygens (including phenoxy) is 7. The first-order valence-electron chi connectivity index (χ1n) is 18.0. The Morgan fingerprint density at radius 1 is 0.667 bits per heavy atom. The Labute approximate surface area is 302 Å². The van der Waals surface area contributed by atoms with Crippen LogP contribution in [0.15, 0.2) is 91.0 Å². The van der Waals surface area contributed by atoms with Gasteiger partial charge >= 0.3 is 12.1 Å². The molecule has 0 spiro atoms. The van der Waals surface area contributed by atoms with E-state index in [-0.39, 0.29) is 62.2 Å². The highest BCUT2D eigenvalue weighted by molar-refractivity contribution is 5.67. The normalized spacial score (nSPS) is 29.2. The van der Waals surface area contributed by atoms with Gasteiger partial charge in [0.2, 0.25) is 0 Å². The summed E-state index contributed by atoms with van der Waals surface area (Å²) in [5.74, 6) is -0.649. The topological polar surface area (TPSA) is 102 Å². The fourth-order valence-electron chi connectivity index (χ4n) is 6.71. The summed E-state index contributed by atoms with van der Waals surface area (Å²) in [6.45, 7) is 12.7. The molecule has 2 aliphatic rings. The van der Waals surface area contributed by atoms with Gasteiger partial charge in [0.15, 0.2) is 18.7 Å². The first-order valence-corrected chi connectivity index (χ1v) is 18.0. The van der Waals surface area contributed by atoms with Crippen molar-refractivity contribution in [1.29, 1.82) is 0 Å². The fourth-order valence-corrected chi connectivity index (χ4v) is 6.71. The zero-order chi connectivity index (χ0) is 36.3. The number of nitrogens with zero attached hydrogens (tertiary/aromatic N) is 1. The molecular weight excluding hydrogens is 650 g/mol. The summed E-state index contributed by atoms with van der Waals surface area (Å²) in [7, 11) is 0. The number of hydrogen-bond donors (Lipinski definition) is 0. The lowest BCUT2D eigenvalue weighted by atomic mass is 9.83. The molecule has 2 aliphatic heterocycles. The van der Waals surface area contributed by atoms with Crippen LogP contribution in [0.3, 0.4) is 0 Å². The molecule has 0 aliphatic carbocycles. The Kier molecular flexibility index (Phi) is 14.0. The van der Waals surface area contributed by atoms with Gasteiger partial charge in [-0.05, 0) is 29.5 Å². The van der Waals surface area contributed by atoms with Crippen LogP contribution in [0.25, 0.3) is 0 Å². The minimum Gasteiger partial charge on any atom is -0.457 e. The molecule has 0 aromatic heterocycles. The second kappa shape index (κ2) is 18.6. The molecule has 0 saturated carbocycles. The highest BCUT2D eigenvalue weighted by Crippen LogP contribution is 2.39. The molecule has 2 saturated heterocycles. The van der Waals surface area contributed by atoms with E-state index in [1.54, 1.807) is 0 Å². The highest BCUT2D eigenvalue weighted by atomic mass is 16.7. The van der Waals surface area contributed by atoms with E-state index >= 15 is 0 Å². The summed E-state index contributed by atoms with van der Waals surface area (Å²) in [6.07, 6.45) is -3.56. The minimum absolute atomic E-state index is 0.0126. The van der Waals surface area contributed by atoms with Gasteiger partial charge < -0.3 is 33.2 Å². The summed E-state index contributed by atoms with van der Waals surface area (Å²) < 4.78 is 43.9. The number of hydrogen-bond acceptors (Lipinski definition) is 9. The van der Waals surface area contributed by atoms with Crippen LogP contribution in [0, 0.1) is 23.7 Å². The molecule has 3 aromatic rings. The molecule has 51 heavy (non-hydrogen) atoms. The maximum Gasteiger partial charge on any atom is 0.412 e. The molecule has 10 heteroatoms. The third kappa shape index (κ3) is 10.6. The van der Waals surface area contributed by atoms with Crippen molar-refractivity contribution in [2.45, 2.75) is 98.3 Å². The van der Waals surface area contributed by atoms with Gasteiger partial charge in [-0.3, -0.25) is 9.69 Å². The van der Waals surface area contributed by atoms with Crippen LogP contribution < -0.4 is 0 Å². The van der Waals surface area contributed by atoms with Gasteiger partial charge in [-0.2, -0.15) is 0 Å². The summed E-state index contributed by atoms with van der Waals surface area (Å²) >= 11 is 0. The van der Waals surface area contributed by atoms with Crippen molar-refractivity contribution in [3.8, 4) is 0 Å². The Balaban J connectivity index is 1.34. The molecule has 5 rings (SSSR count). The quantitative estimate of drug-likeness (QED) is 0.126. The van der Waals surface area contributed by atoms with Crippen LogP contribution in [-0.2, 0) is 57.7 Å². The molecule has 276 valence electrons. The molecule has 0 bridgehead atoms. The van der Waals surface area contributed by atoms with Crippen molar-refractivity contribution in [2.75, 3.05) is 13.3 Å². The van der Waals surface area contributed by atoms with Gasteiger partial charge in [0, 0.05) is 24.7 Å². The summed E-state index contributed by atoms with van der Waals surface area (Å²) in [5, 5.41) is 0. The monoisotopic (exact) mass is 703 g/mol. The predicted octanol–water partition coefficient (Wildman–Crippen LogP) is 7.35. The Hall–Kier alpha value is -3.80. The van der Waals surface area contributed by atoms with Gasteiger partial charge in [-0.1, -0.05) is 119 Å². The standard InChI is InChI=1S/C41H53NO9/c1-27-28(2)38(49-32(6)43)40(48-31(27)5)51-37-29(3)36(25-45-23-34-18-12-8-13-19-34)50-39(30(37)4)47-26-42(22-33-16-10-7-11-17-33)41(44)46-24-35-20-14-9-15-21-35/h7-21,27-31,36-40H,22-26H2,1-6H3/t27-,28+,29+,30?,31?,36?,37+,38?,39-,40+/m1/s1. The maximum absolute atomic E-state index is 13.5. The van der Waals surface area contributed by atoms with Crippen molar-refractivity contribution < 1.29 is 42.7 Å². The smallest absolute Gasteiger partial charge is 0.412 e. The number of amides is 1. The number of rotatable bonds is 14. The molecular formula is C41H53NO9. The largest absolute Gasteiger partial charge is 0.457 e. The molecule has 1 amide bonds. The molecule has 10 atom stereocenters. The van der Waals surface area contributed by atoms with E-state index in [9.17, 15) is 9.59 Å². The van der Waals surface area contributed by atoms with Crippen molar-refractivity contribution in [3.63, 3.8) is 0 Å². The first-order chi connectivity index (χ1) is 24.6. The number of esters is 1. The molecule has 10 nitrogen and oxygen atoms in total. The van der Waals surface area contributed by atoms with Crippen LogP contribution in [0.1, 0.15) is 58.2 Å². The van der Waals surface area contributed by atoms with Crippen LogP contribution >= 0.6 is 0 Å². The van der Waals surface area contributed by atoms with E-state index in [2.05, 4.69) is 20.8 Å². The van der Waals surface area contributed by atoms with Crippen LogP contribution in [-0.4, -0.2) is 67.3 Å². The lowest BCUT2D eigenvalue weighted by Gasteiger charge is -2.48. The van der Waals surface area contributed by atoms with E-state index in [1.807, 2.05) is 105 Å². The van der Waals surface area contributed by atoms with Crippen LogP contribution in [0.5, 0.6) is 0 Å². The van der Waals surface area contributed by atoms with E-state index in [0.29, 0.717) is 6.61 Å². The van der Waals surface area contributed by atoms with Crippen molar-refractivity contribution in [3.05, 3.63) is 108 Å². The average Bonchev–Trinajstić information content (AvgIpc) is 3.14. The van der Waals surface area contributed by atoms with Gasteiger partial charge in [0.25, 0.3) is 0 Å². The second-order valence-corrected chi connectivity index (χ2v) is 13.9. The lowest BCUT2D eigenvalue weighted by Crippen LogP contribution is -2.58. The van der Waals surface area contributed by atoms with Crippen LogP contribution in [0.4, 0.5) is 4.79 Å². The van der Waals surface area contributed by atoms with Gasteiger partial charge in [0.1, 0.15) is 13.3 Å². The Bertz CT molecular complexity index is 1490. The van der Waals surface area contributed by atoms with E-state index in [1.165, 1.54) is 11.8 Å². The Morgan fingerprint density at radius 3 is 1.86 bits per heavy atom. The molecule has 4 unspecified atom stereocenters. The summed E-state index contributed by atoms with van der Waals surface area (Å²) in [5.41, 5.74) is 2.87. The van der Waals surface area contributed by atoms with Crippen molar-refractivity contribution in [1.82, 2.24) is 4.90 Å². The molecule has 0 radical (unpaired) electrons. The van der Waals surface area contributed by atoms with Gasteiger partial charge in [-0.25, -0.2) is 4.79 Å². The average molecular weight is 704 g/mol. The molecule has 2 fully saturated rings. The zero-order valence-electron chi connectivity index (χ0n) is 30.6. The number of benzene rings is 3. The van der Waals surface area contributed by atoms with E-state index < -0.39 is 37.0 Å². The fraction of sp³-hybridized carbons (Fsp3) is 0.512. The van der Waals surface area contributed by atoms with E-state index in [4.69, 9.17) is 33.2 Å². The number of carbonyl (C=O) groups is 2. The van der Waals surface area contributed by atoms with Gasteiger partial charge in [-0.15, -0.1) is 0 Å². The summed E-state index contributed by atoms with van der Waals surface area (Å²) in [6, 6.07) is 29.2. The maximum atomic E-state index is 13.5. The second-order valence-electron chi connectivity index (χ2n) is 13.9. The van der Waals surface area contributed by atoms with Crippen LogP contribution in [0.2, 0.25) is 0 Å². The lowest BCUT2D eigenvalue weighted by molar-refractivity contribution is -0.334. The SMILES string of the molecule is CC(=O)OC1[C@H](O[C@@H]2C(C)[C@H](OCN(Cc3ccccc3)C(=O)OCc3ccccc3)OC(COCc3ccccc3)[C@@H]2C)OC(C)[C@H](C)[C@@H]1C. The highest BCUT2D eigenvalue weighted by Gasteiger charge is 2.49. The molecule has 0 N–H and O–H groups in total. The summed E-state index contributed by atoms with van der Waals surface area (Å²) in [4.78, 5) is 27.2. The number of carbonyl (C=O) groups excluding carboxylic acids is 2. The first kappa shape index (κ1) is 38.4.